The number of amides is 1. The van der Waals surface area contributed by atoms with Gasteiger partial charge in [-0.3, -0.25) is 0 Å². The van der Waals surface area contributed by atoms with Crippen LogP contribution in [0.4, 0.5) is 13.6 Å². The molecule has 0 heterocycles. The summed E-state index contributed by atoms with van der Waals surface area (Å²) < 4.78 is 43.8. The smallest absolute Gasteiger partial charge is 0.408 e. The van der Waals surface area contributed by atoms with Gasteiger partial charge in [-0.25, -0.2) is 18.4 Å². The molecule has 180 valence electrons. The van der Waals surface area contributed by atoms with Gasteiger partial charge in [-0.05, 0) is 70.9 Å². The first-order valence-electron chi connectivity index (χ1n) is 10.6. The highest BCUT2D eigenvalue weighted by atomic mass is 19.1. The maximum atomic E-state index is 13.8. The van der Waals surface area contributed by atoms with Gasteiger partial charge in [0.1, 0.15) is 35.1 Å². The van der Waals surface area contributed by atoms with E-state index in [9.17, 15) is 18.4 Å². The summed E-state index contributed by atoms with van der Waals surface area (Å²) in [6, 6.07) is 7.38. The van der Waals surface area contributed by atoms with Gasteiger partial charge in [0.25, 0.3) is 0 Å². The molecule has 3 atom stereocenters. The zero-order valence-electron chi connectivity index (χ0n) is 20.0. The number of halogens is 2. The molecule has 0 fully saturated rings. The molecule has 0 saturated carbocycles. The van der Waals surface area contributed by atoms with Crippen LogP contribution in [0.2, 0.25) is 0 Å². The van der Waals surface area contributed by atoms with Crippen molar-refractivity contribution >= 4 is 12.1 Å². The lowest BCUT2D eigenvalue weighted by molar-refractivity contribution is -0.150. The first-order valence-corrected chi connectivity index (χ1v) is 10.6. The Morgan fingerprint density at radius 1 is 0.970 bits per heavy atom. The van der Waals surface area contributed by atoms with Crippen molar-refractivity contribution in [2.75, 3.05) is 7.11 Å². The van der Waals surface area contributed by atoms with Crippen molar-refractivity contribution in [1.82, 2.24) is 5.32 Å². The maximum absolute atomic E-state index is 13.8. The van der Waals surface area contributed by atoms with E-state index in [1.807, 2.05) is 0 Å². The summed E-state index contributed by atoms with van der Waals surface area (Å²) in [4.78, 5) is 24.7. The molecule has 2 rings (SSSR count). The first kappa shape index (κ1) is 26.1. The third-order valence-corrected chi connectivity index (χ3v) is 4.96. The van der Waals surface area contributed by atoms with Crippen molar-refractivity contribution in [2.24, 2.45) is 0 Å². The molecule has 0 unspecified atom stereocenters. The van der Waals surface area contributed by atoms with E-state index in [0.29, 0.717) is 16.7 Å². The predicted octanol–water partition coefficient (Wildman–Crippen LogP) is 5.26. The zero-order valence-corrected chi connectivity index (χ0v) is 20.0. The summed E-state index contributed by atoms with van der Waals surface area (Å²) in [5, 5.41) is 2.45. The number of rotatable bonds is 7. The fourth-order valence-corrected chi connectivity index (χ4v) is 3.50. The Balaban J connectivity index is 2.34. The Morgan fingerprint density at radius 3 is 2.09 bits per heavy atom. The third kappa shape index (κ3) is 7.17. The second kappa shape index (κ2) is 10.6. The molecule has 0 saturated heterocycles. The van der Waals surface area contributed by atoms with Crippen LogP contribution < -0.4 is 10.1 Å². The Bertz CT molecular complexity index is 1000. The van der Waals surface area contributed by atoms with E-state index >= 15 is 0 Å². The van der Waals surface area contributed by atoms with Gasteiger partial charge in [0.05, 0.1) is 7.11 Å². The standard InChI is InChI=1S/C25H31F2NO5/c1-14-12-17(26)8-10-19(14)22(20-11-9-18(27)13-21(20)31-7)16(3)32-23(29)15(2)28-24(30)33-25(4,5)6/h8-13,15-16,22H,1-7H3,(H,28,30)/t15-,16-,22+/m0/s1. The summed E-state index contributed by atoms with van der Waals surface area (Å²) in [7, 11) is 1.41. The molecule has 0 aliphatic carbocycles. The Labute approximate surface area is 193 Å². The van der Waals surface area contributed by atoms with Crippen LogP contribution in [-0.4, -0.2) is 36.9 Å². The SMILES string of the molecule is COc1cc(F)ccc1[C@@H](c1ccc(F)cc1C)[C@H](C)OC(=O)[C@H](C)NC(=O)OC(C)(C)C. The topological polar surface area (TPSA) is 73.9 Å². The van der Waals surface area contributed by atoms with Crippen LogP contribution in [0.5, 0.6) is 5.75 Å². The lowest BCUT2D eigenvalue weighted by atomic mass is 9.84. The average molecular weight is 464 g/mol. The molecule has 2 aromatic rings. The molecule has 0 radical (unpaired) electrons. The maximum Gasteiger partial charge on any atom is 0.408 e. The van der Waals surface area contributed by atoms with Crippen LogP contribution in [0.25, 0.3) is 0 Å². The van der Waals surface area contributed by atoms with Crippen LogP contribution in [0.3, 0.4) is 0 Å². The van der Waals surface area contributed by atoms with E-state index in [2.05, 4.69) is 5.32 Å². The molecule has 0 bridgehead atoms. The number of nitrogens with one attached hydrogen (secondary N) is 1. The molecule has 0 aromatic heterocycles. The number of methoxy groups -OCH3 is 1. The van der Waals surface area contributed by atoms with Gasteiger partial charge in [-0.2, -0.15) is 0 Å². The summed E-state index contributed by atoms with van der Waals surface area (Å²) in [5.41, 5.74) is 1.18. The van der Waals surface area contributed by atoms with Crippen LogP contribution >= 0.6 is 0 Å². The number of aryl methyl sites for hydroxylation is 1. The predicted molar refractivity (Wildman–Crippen MR) is 120 cm³/mol. The summed E-state index contributed by atoms with van der Waals surface area (Å²) >= 11 is 0. The number of carbonyl (C=O) groups is 2. The fraction of sp³-hybridized carbons (Fsp3) is 0.440. The molecule has 0 aliphatic rings. The molecule has 8 heteroatoms. The molecule has 33 heavy (non-hydrogen) atoms. The Morgan fingerprint density at radius 2 is 1.55 bits per heavy atom. The van der Waals surface area contributed by atoms with Crippen molar-refractivity contribution in [3.05, 3.63) is 64.7 Å². The summed E-state index contributed by atoms with van der Waals surface area (Å²) in [5.74, 6) is -1.88. The number of hydrogen-bond donors (Lipinski definition) is 1. The fourth-order valence-electron chi connectivity index (χ4n) is 3.50. The molecular weight excluding hydrogens is 432 g/mol. The van der Waals surface area contributed by atoms with Crippen molar-refractivity contribution in [1.29, 1.82) is 0 Å². The molecule has 0 aliphatic heterocycles. The second-order valence-corrected chi connectivity index (χ2v) is 8.87. The highest BCUT2D eigenvalue weighted by molar-refractivity contribution is 5.81. The van der Waals surface area contributed by atoms with Crippen LogP contribution in [0.1, 0.15) is 57.2 Å². The van der Waals surface area contributed by atoms with Crippen LogP contribution in [-0.2, 0) is 14.3 Å². The minimum absolute atomic E-state index is 0.270. The highest BCUT2D eigenvalue weighted by Crippen LogP contribution is 2.37. The van der Waals surface area contributed by atoms with Crippen molar-refractivity contribution in [3.8, 4) is 5.75 Å². The molecule has 1 N–H and O–H groups in total. The third-order valence-electron chi connectivity index (χ3n) is 4.96. The normalized spacial score (nSPS) is 14.1. The van der Waals surface area contributed by atoms with E-state index in [4.69, 9.17) is 14.2 Å². The van der Waals surface area contributed by atoms with Crippen molar-refractivity contribution in [2.45, 2.75) is 65.2 Å². The molecular formula is C25H31F2NO5. The van der Waals surface area contributed by atoms with E-state index in [-0.39, 0.29) is 5.75 Å². The first-order chi connectivity index (χ1) is 15.3. The molecule has 2 aromatic carbocycles. The summed E-state index contributed by atoms with van der Waals surface area (Å²) in [6.07, 6.45) is -1.50. The van der Waals surface area contributed by atoms with Crippen molar-refractivity contribution < 1.29 is 32.6 Å². The Hall–Kier alpha value is -3.16. The molecule has 1 amide bonds. The van der Waals surface area contributed by atoms with Crippen LogP contribution in [0.15, 0.2) is 36.4 Å². The van der Waals surface area contributed by atoms with Crippen LogP contribution in [0, 0.1) is 18.6 Å². The van der Waals surface area contributed by atoms with E-state index in [1.165, 1.54) is 38.3 Å². The second-order valence-electron chi connectivity index (χ2n) is 8.87. The number of benzene rings is 2. The summed E-state index contributed by atoms with van der Waals surface area (Å²) in [6.45, 7) is 10.0. The monoisotopic (exact) mass is 463 g/mol. The molecule has 0 spiro atoms. The Kier molecular flexibility index (Phi) is 8.41. The average Bonchev–Trinajstić information content (AvgIpc) is 2.69. The number of ether oxygens (including phenoxy) is 3. The number of alkyl carbamates (subject to hydrolysis) is 1. The lowest BCUT2D eigenvalue weighted by Gasteiger charge is -2.29. The quantitative estimate of drug-likeness (QED) is 0.567. The van der Waals surface area contributed by atoms with Gasteiger partial charge in [0.15, 0.2) is 0 Å². The minimum atomic E-state index is -0.979. The largest absolute Gasteiger partial charge is 0.496 e. The number of esters is 1. The highest BCUT2D eigenvalue weighted by Gasteiger charge is 2.31. The van der Waals surface area contributed by atoms with Crippen molar-refractivity contribution in [3.63, 3.8) is 0 Å². The van der Waals surface area contributed by atoms with Gasteiger partial charge in [0.2, 0.25) is 0 Å². The van der Waals surface area contributed by atoms with Gasteiger partial charge in [-0.15, -0.1) is 0 Å². The minimum Gasteiger partial charge on any atom is -0.496 e. The van der Waals surface area contributed by atoms with Gasteiger partial charge < -0.3 is 19.5 Å². The van der Waals surface area contributed by atoms with Gasteiger partial charge >= 0.3 is 12.1 Å². The molecule has 6 nitrogen and oxygen atoms in total. The lowest BCUT2D eigenvalue weighted by Crippen LogP contribution is -2.43. The van der Waals surface area contributed by atoms with E-state index in [1.54, 1.807) is 46.8 Å². The number of hydrogen-bond acceptors (Lipinski definition) is 5. The number of carbonyl (C=O) groups excluding carboxylic acids is 2. The zero-order chi connectivity index (χ0) is 24.9. The van der Waals surface area contributed by atoms with E-state index in [0.717, 1.165) is 0 Å². The van der Waals surface area contributed by atoms with E-state index < -0.39 is 47.4 Å². The van der Waals surface area contributed by atoms with Gasteiger partial charge in [-0.1, -0.05) is 12.1 Å². The van der Waals surface area contributed by atoms with Gasteiger partial charge in [0, 0.05) is 17.5 Å².